The summed E-state index contributed by atoms with van der Waals surface area (Å²) in [7, 11) is 0. The summed E-state index contributed by atoms with van der Waals surface area (Å²) in [5.74, 6) is 1.89. The molecule has 0 amide bonds. The standard InChI is InChI=1S/C39H23N3OS/c1-3-11-24(12-4-1)27-21-22-31(35-30-16-8-10-18-34(30)44-36(27)35)39-41-37(25-13-5-2-6-14-25)40-38(42-39)26-19-20-29-28-15-7-9-17-32(28)43-33(29)23-26/h1-23H. The first kappa shape index (κ1) is 24.9. The second-order valence-corrected chi connectivity index (χ2v) is 11.9. The fourth-order valence-corrected chi connectivity index (χ4v) is 7.33. The van der Waals surface area contributed by atoms with Crippen LogP contribution in [0.3, 0.4) is 0 Å². The summed E-state index contributed by atoms with van der Waals surface area (Å²) in [5.41, 5.74) is 6.88. The first-order valence-electron chi connectivity index (χ1n) is 14.5. The van der Waals surface area contributed by atoms with Crippen LogP contribution in [0.25, 0.3) is 87.4 Å². The zero-order valence-electron chi connectivity index (χ0n) is 23.4. The van der Waals surface area contributed by atoms with Crippen LogP contribution in [0.15, 0.2) is 144 Å². The number of nitrogens with zero attached hydrogens (tertiary/aromatic N) is 3. The molecule has 9 aromatic rings. The highest BCUT2D eigenvalue weighted by Crippen LogP contribution is 2.44. The van der Waals surface area contributed by atoms with E-state index in [1.807, 2.05) is 65.9 Å². The molecule has 0 N–H and O–H groups in total. The van der Waals surface area contributed by atoms with Gasteiger partial charge in [-0.15, -0.1) is 11.3 Å². The zero-order valence-corrected chi connectivity index (χ0v) is 24.3. The van der Waals surface area contributed by atoms with Gasteiger partial charge in [0.05, 0.1) is 0 Å². The third kappa shape index (κ3) is 4.02. The van der Waals surface area contributed by atoms with E-state index in [-0.39, 0.29) is 0 Å². The molecular weight excluding hydrogens is 559 g/mol. The highest BCUT2D eigenvalue weighted by Gasteiger charge is 2.20. The molecule has 6 aromatic carbocycles. The summed E-state index contributed by atoms with van der Waals surface area (Å²) in [6.45, 7) is 0. The van der Waals surface area contributed by atoms with Crippen molar-refractivity contribution in [1.29, 1.82) is 0 Å². The van der Waals surface area contributed by atoms with Crippen molar-refractivity contribution in [2.24, 2.45) is 0 Å². The molecule has 0 bridgehead atoms. The van der Waals surface area contributed by atoms with Crippen molar-refractivity contribution in [3.63, 3.8) is 0 Å². The molecule has 0 radical (unpaired) electrons. The van der Waals surface area contributed by atoms with Gasteiger partial charge in [-0.3, -0.25) is 0 Å². The van der Waals surface area contributed by atoms with Gasteiger partial charge in [-0.25, -0.2) is 15.0 Å². The normalized spacial score (nSPS) is 11.6. The quantitative estimate of drug-likeness (QED) is 0.207. The van der Waals surface area contributed by atoms with E-state index >= 15 is 0 Å². The molecule has 0 saturated carbocycles. The topological polar surface area (TPSA) is 51.8 Å². The number of aromatic nitrogens is 3. The Morgan fingerprint density at radius 2 is 1.05 bits per heavy atom. The molecule has 206 valence electrons. The number of benzene rings is 6. The van der Waals surface area contributed by atoms with Gasteiger partial charge < -0.3 is 4.42 Å². The molecule has 0 saturated heterocycles. The van der Waals surface area contributed by atoms with Crippen molar-refractivity contribution >= 4 is 53.4 Å². The Labute approximate surface area is 256 Å². The Balaban J connectivity index is 1.31. The van der Waals surface area contributed by atoms with Crippen LogP contribution < -0.4 is 0 Å². The van der Waals surface area contributed by atoms with Gasteiger partial charge in [0.25, 0.3) is 0 Å². The maximum Gasteiger partial charge on any atom is 0.164 e. The monoisotopic (exact) mass is 581 g/mol. The van der Waals surface area contributed by atoms with Crippen LogP contribution in [0.1, 0.15) is 0 Å². The van der Waals surface area contributed by atoms with E-state index in [0.717, 1.165) is 44.0 Å². The molecule has 0 aliphatic heterocycles. The number of furan rings is 1. The number of thiophene rings is 1. The minimum atomic E-state index is 0.607. The van der Waals surface area contributed by atoms with Crippen molar-refractivity contribution in [3.8, 4) is 45.3 Å². The lowest BCUT2D eigenvalue weighted by Crippen LogP contribution is -2.00. The van der Waals surface area contributed by atoms with E-state index in [9.17, 15) is 0 Å². The van der Waals surface area contributed by atoms with Gasteiger partial charge in [0.2, 0.25) is 0 Å². The summed E-state index contributed by atoms with van der Waals surface area (Å²) < 4.78 is 8.69. The Morgan fingerprint density at radius 3 is 1.86 bits per heavy atom. The van der Waals surface area contributed by atoms with Gasteiger partial charge in [0, 0.05) is 47.6 Å². The molecule has 0 aliphatic rings. The van der Waals surface area contributed by atoms with Crippen LogP contribution >= 0.6 is 11.3 Å². The summed E-state index contributed by atoms with van der Waals surface area (Å²) >= 11 is 1.81. The number of hydrogen-bond donors (Lipinski definition) is 0. The average molecular weight is 582 g/mol. The van der Waals surface area contributed by atoms with Crippen LogP contribution in [0.2, 0.25) is 0 Å². The molecule has 9 rings (SSSR count). The summed E-state index contributed by atoms with van der Waals surface area (Å²) in [4.78, 5) is 15.2. The third-order valence-corrected chi connectivity index (χ3v) is 9.36. The van der Waals surface area contributed by atoms with E-state index in [1.54, 1.807) is 0 Å². The average Bonchev–Trinajstić information content (AvgIpc) is 3.67. The van der Waals surface area contributed by atoms with Crippen LogP contribution in [0.5, 0.6) is 0 Å². The predicted molar refractivity (Wildman–Crippen MR) is 182 cm³/mol. The van der Waals surface area contributed by atoms with Crippen LogP contribution in [0.4, 0.5) is 0 Å². The van der Waals surface area contributed by atoms with Crippen LogP contribution in [0, 0.1) is 0 Å². The van der Waals surface area contributed by atoms with E-state index in [0.29, 0.717) is 17.5 Å². The minimum absolute atomic E-state index is 0.607. The number of para-hydroxylation sites is 1. The first-order chi connectivity index (χ1) is 21.8. The Hall–Kier alpha value is -5.65. The van der Waals surface area contributed by atoms with Gasteiger partial charge >= 0.3 is 0 Å². The Morgan fingerprint density at radius 1 is 0.432 bits per heavy atom. The smallest absolute Gasteiger partial charge is 0.164 e. The van der Waals surface area contributed by atoms with Gasteiger partial charge in [0.15, 0.2) is 17.5 Å². The predicted octanol–water partition coefficient (Wildman–Crippen LogP) is 10.8. The molecule has 5 heteroatoms. The molecule has 0 spiro atoms. The maximum atomic E-state index is 6.23. The molecule has 4 nitrogen and oxygen atoms in total. The second-order valence-electron chi connectivity index (χ2n) is 10.8. The highest BCUT2D eigenvalue weighted by atomic mass is 32.1. The lowest BCUT2D eigenvalue weighted by atomic mass is 9.98. The highest BCUT2D eigenvalue weighted by molar-refractivity contribution is 7.26. The third-order valence-electron chi connectivity index (χ3n) is 8.16. The summed E-state index contributed by atoms with van der Waals surface area (Å²) in [6, 6.07) is 48.0. The van der Waals surface area contributed by atoms with Crippen LogP contribution in [-0.4, -0.2) is 15.0 Å². The summed E-state index contributed by atoms with van der Waals surface area (Å²) in [5, 5.41) is 4.54. The maximum absolute atomic E-state index is 6.23. The van der Waals surface area contributed by atoms with Gasteiger partial charge in [-0.1, -0.05) is 109 Å². The van der Waals surface area contributed by atoms with E-state index in [4.69, 9.17) is 19.4 Å². The molecule has 0 fully saturated rings. The van der Waals surface area contributed by atoms with Gasteiger partial charge in [0.1, 0.15) is 11.2 Å². The van der Waals surface area contributed by atoms with Gasteiger partial charge in [-0.2, -0.15) is 0 Å². The summed E-state index contributed by atoms with van der Waals surface area (Å²) in [6.07, 6.45) is 0. The Kier molecular flexibility index (Phi) is 5.64. The SMILES string of the molecule is c1ccc(-c2nc(-c3ccc4c(c3)oc3ccccc34)nc(-c3ccc(-c4ccccc4)c4sc5ccccc5c34)n2)cc1. The number of hydrogen-bond acceptors (Lipinski definition) is 5. The van der Waals surface area contributed by atoms with Crippen molar-refractivity contribution in [2.45, 2.75) is 0 Å². The number of fused-ring (bicyclic) bond motifs is 6. The minimum Gasteiger partial charge on any atom is -0.456 e. The first-order valence-corrected chi connectivity index (χ1v) is 15.3. The lowest BCUT2D eigenvalue weighted by Gasteiger charge is -2.11. The van der Waals surface area contributed by atoms with Gasteiger partial charge in [-0.05, 0) is 41.5 Å². The fraction of sp³-hybridized carbons (Fsp3) is 0. The molecule has 0 aliphatic carbocycles. The molecular formula is C39H23N3OS. The van der Waals surface area contributed by atoms with Crippen molar-refractivity contribution < 1.29 is 4.42 Å². The molecule has 3 aromatic heterocycles. The van der Waals surface area contributed by atoms with Crippen LogP contribution in [-0.2, 0) is 0 Å². The molecule has 44 heavy (non-hydrogen) atoms. The zero-order chi connectivity index (χ0) is 29.0. The lowest BCUT2D eigenvalue weighted by molar-refractivity contribution is 0.669. The van der Waals surface area contributed by atoms with E-state index in [2.05, 4.69) is 84.9 Å². The fourth-order valence-electron chi connectivity index (χ4n) is 6.07. The van der Waals surface area contributed by atoms with Crippen molar-refractivity contribution in [2.75, 3.05) is 0 Å². The van der Waals surface area contributed by atoms with Crippen molar-refractivity contribution in [3.05, 3.63) is 140 Å². The molecule has 0 atom stereocenters. The van der Waals surface area contributed by atoms with Crippen molar-refractivity contribution in [1.82, 2.24) is 15.0 Å². The molecule has 0 unspecified atom stereocenters. The second kappa shape index (κ2) is 9.97. The van der Waals surface area contributed by atoms with E-state index < -0.39 is 0 Å². The number of rotatable bonds is 4. The Bertz CT molecular complexity index is 2500. The largest absolute Gasteiger partial charge is 0.456 e. The van der Waals surface area contributed by atoms with E-state index in [1.165, 1.54) is 25.9 Å². The molecule has 3 heterocycles.